The second kappa shape index (κ2) is 4.77. The SMILES string of the molecule is CC1(n2c(SCC(=O)O)nc3c(F)cccc32)CCC1. The molecule has 1 aliphatic carbocycles. The number of carbonyl (C=O) groups is 1. The summed E-state index contributed by atoms with van der Waals surface area (Å²) in [7, 11) is 0. The van der Waals surface area contributed by atoms with Crippen LogP contribution in [0.2, 0.25) is 0 Å². The molecular formula is C14H15FN2O2S. The monoisotopic (exact) mass is 294 g/mol. The largest absolute Gasteiger partial charge is 0.481 e. The third kappa shape index (κ3) is 2.08. The summed E-state index contributed by atoms with van der Waals surface area (Å²) in [5.41, 5.74) is 0.997. The number of aliphatic carboxylic acids is 1. The molecule has 1 heterocycles. The van der Waals surface area contributed by atoms with Crippen LogP contribution >= 0.6 is 11.8 Å². The van der Waals surface area contributed by atoms with Gasteiger partial charge in [-0.25, -0.2) is 9.37 Å². The molecule has 1 fully saturated rings. The van der Waals surface area contributed by atoms with Crippen LogP contribution < -0.4 is 0 Å². The van der Waals surface area contributed by atoms with E-state index < -0.39 is 5.97 Å². The Bertz CT molecular complexity index is 679. The highest BCUT2D eigenvalue weighted by Gasteiger charge is 2.37. The van der Waals surface area contributed by atoms with Crippen molar-refractivity contribution in [2.24, 2.45) is 0 Å². The van der Waals surface area contributed by atoms with E-state index in [1.54, 1.807) is 6.07 Å². The summed E-state index contributed by atoms with van der Waals surface area (Å²) >= 11 is 1.15. The van der Waals surface area contributed by atoms with Gasteiger partial charge < -0.3 is 9.67 Å². The fourth-order valence-electron chi connectivity index (χ4n) is 2.70. The molecule has 20 heavy (non-hydrogen) atoms. The van der Waals surface area contributed by atoms with Gasteiger partial charge in [0.05, 0.1) is 11.3 Å². The lowest BCUT2D eigenvalue weighted by atomic mass is 9.78. The molecule has 106 valence electrons. The van der Waals surface area contributed by atoms with Gasteiger partial charge in [0.15, 0.2) is 11.0 Å². The van der Waals surface area contributed by atoms with Gasteiger partial charge in [0.1, 0.15) is 5.52 Å². The van der Waals surface area contributed by atoms with E-state index in [0.717, 1.165) is 36.5 Å². The summed E-state index contributed by atoms with van der Waals surface area (Å²) in [6.45, 7) is 2.12. The lowest BCUT2D eigenvalue weighted by molar-refractivity contribution is -0.133. The zero-order valence-corrected chi connectivity index (χ0v) is 11.9. The fraction of sp³-hybridized carbons (Fsp3) is 0.429. The van der Waals surface area contributed by atoms with Gasteiger partial charge in [0.2, 0.25) is 0 Å². The number of carboxylic acid groups (broad SMARTS) is 1. The van der Waals surface area contributed by atoms with E-state index in [4.69, 9.17) is 5.11 Å². The zero-order valence-electron chi connectivity index (χ0n) is 11.1. The molecule has 1 aromatic carbocycles. The number of para-hydroxylation sites is 1. The van der Waals surface area contributed by atoms with Crippen LogP contribution in [0.5, 0.6) is 0 Å². The Hall–Kier alpha value is -1.56. The first kappa shape index (κ1) is 13.4. The molecule has 0 atom stereocenters. The maximum atomic E-state index is 13.9. The van der Waals surface area contributed by atoms with Gasteiger partial charge in [0.25, 0.3) is 0 Å². The number of benzene rings is 1. The van der Waals surface area contributed by atoms with Crippen LogP contribution in [0.1, 0.15) is 26.2 Å². The van der Waals surface area contributed by atoms with E-state index in [1.807, 2.05) is 10.6 Å². The number of hydrogen-bond acceptors (Lipinski definition) is 3. The van der Waals surface area contributed by atoms with Crippen LogP contribution in [-0.4, -0.2) is 26.4 Å². The average Bonchev–Trinajstić information content (AvgIpc) is 2.74. The summed E-state index contributed by atoms with van der Waals surface area (Å²) < 4.78 is 15.9. The predicted octanol–water partition coefficient (Wildman–Crippen LogP) is 3.25. The molecule has 2 aromatic rings. The molecule has 1 saturated carbocycles. The van der Waals surface area contributed by atoms with Gasteiger partial charge in [-0.2, -0.15) is 0 Å². The topological polar surface area (TPSA) is 55.1 Å². The van der Waals surface area contributed by atoms with Crippen molar-refractivity contribution in [1.82, 2.24) is 9.55 Å². The Morgan fingerprint density at radius 2 is 2.30 bits per heavy atom. The van der Waals surface area contributed by atoms with Crippen molar-refractivity contribution >= 4 is 28.8 Å². The van der Waals surface area contributed by atoms with Crippen LogP contribution in [0.25, 0.3) is 11.0 Å². The third-order valence-electron chi connectivity index (χ3n) is 3.90. The summed E-state index contributed by atoms with van der Waals surface area (Å²) in [5, 5.41) is 9.43. The molecule has 1 N–H and O–H groups in total. The predicted molar refractivity (Wildman–Crippen MR) is 75.5 cm³/mol. The Morgan fingerprint density at radius 1 is 1.55 bits per heavy atom. The lowest BCUT2D eigenvalue weighted by Gasteiger charge is -2.41. The Balaban J connectivity index is 2.14. The molecule has 4 nitrogen and oxygen atoms in total. The number of carboxylic acids is 1. The van der Waals surface area contributed by atoms with E-state index >= 15 is 0 Å². The second-order valence-electron chi connectivity index (χ2n) is 5.37. The van der Waals surface area contributed by atoms with Gasteiger partial charge in [-0.05, 0) is 38.3 Å². The van der Waals surface area contributed by atoms with Gasteiger partial charge in [-0.3, -0.25) is 4.79 Å². The molecule has 0 unspecified atom stereocenters. The lowest BCUT2D eigenvalue weighted by Crippen LogP contribution is -2.37. The van der Waals surface area contributed by atoms with Crippen molar-refractivity contribution in [3.8, 4) is 0 Å². The first-order valence-corrected chi connectivity index (χ1v) is 7.52. The maximum Gasteiger partial charge on any atom is 0.313 e. The molecule has 0 amide bonds. The molecule has 0 radical (unpaired) electrons. The molecule has 1 aliphatic rings. The molecule has 0 saturated heterocycles. The van der Waals surface area contributed by atoms with Crippen LogP contribution in [0, 0.1) is 5.82 Å². The molecule has 0 bridgehead atoms. The number of rotatable bonds is 4. The Morgan fingerprint density at radius 3 is 2.90 bits per heavy atom. The second-order valence-corrected chi connectivity index (χ2v) is 6.31. The van der Waals surface area contributed by atoms with E-state index in [9.17, 15) is 9.18 Å². The number of nitrogens with zero attached hydrogens (tertiary/aromatic N) is 2. The number of halogens is 1. The Kier molecular flexibility index (Phi) is 3.20. The number of aromatic nitrogens is 2. The normalized spacial score (nSPS) is 17.1. The zero-order chi connectivity index (χ0) is 14.3. The van der Waals surface area contributed by atoms with Crippen LogP contribution in [-0.2, 0) is 10.3 Å². The highest BCUT2D eigenvalue weighted by Crippen LogP contribution is 2.43. The van der Waals surface area contributed by atoms with E-state index in [2.05, 4.69) is 11.9 Å². The molecule has 6 heteroatoms. The quantitative estimate of drug-likeness (QED) is 0.879. The van der Waals surface area contributed by atoms with E-state index in [1.165, 1.54) is 6.07 Å². The average molecular weight is 294 g/mol. The molecule has 1 aromatic heterocycles. The summed E-state index contributed by atoms with van der Waals surface area (Å²) in [4.78, 5) is 15.1. The number of imidazole rings is 1. The van der Waals surface area contributed by atoms with Crippen LogP contribution in [0.3, 0.4) is 0 Å². The van der Waals surface area contributed by atoms with E-state index in [0.29, 0.717) is 10.7 Å². The summed E-state index contributed by atoms with van der Waals surface area (Å²) in [6.07, 6.45) is 3.15. The van der Waals surface area contributed by atoms with Gasteiger partial charge >= 0.3 is 5.97 Å². The Labute approximate surface area is 120 Å². The molecular weight excluding hydrogens is 279 g/mol. The minimum Gasteiger partial charge on any atom is -0.481 e. The first-order valence-electron chi connectivity index (χ1n) is 6.53. The highest BCUT2D eigenvalue weighted by molar-refractivity contribution is 7.99. The van der Waals surface area contributed by atoms with Crippen molar-refractivity contribution in [3.63, 3.8) is 0 Å². The van der Waals surface area contributed by atoms with Crippen molar-refractivity contribution < 1.29 is 14.3 Å². The fourth-order valence-corrected chi connectivity index (χ4v) is 3.56. The van der Waals surface area contributed by atoms with Gasteiger partial charge in [-0.1, -0.05) is 17.8 Å². The smallest absolute Gasteiger partial charge is 0.313 e. The third-order valence-corrected chi connectivity index (χ3v) is 4.82. The summed E-state index contributed by atoms with van der Waals surface area (Å²) in [5.74, 6) is -1.32. The van der Waals surface area contributed by atoms with Crippen molar-refractivity contribution in [2.45, 2.75) is 36.9 Å². The number of fused-ring (bicyclic) bond motifs is 1. The first-order chi connectivity index (χ1) is 9.51. The van der Waals surface area contributed by atoms with Crippen molar-refractivity contribution in [1.29, 1.82) is 0 Å². The minimum atomic E-state index is -0.896. The molecule has 3 rings (SSSR count). The molecule has 0 aliphatic heterocycles. The number of thioether (sulfide) groups is 1. The van der Waals surface area contributed by atoms with Crippen molar-refractivity contribution in [2.75, 3.05) is 5.75 Å². The van der Waals surface area contributed by atoms with E-state index in [-0.39, 0.29) is 17.1 Å². The van der Waals surface area contributed by atoms with Crippen molar-refractivity contribution in [3.05, 3.63) is 24.0 Å². The van der Waals surface area contributed by atoms with Gasteiger partial charge in [0, 0.05) is 5.54 Å². The maximum absolute atomic E-state index is 13.9. The number of hydrogen-bond donors (Lipinski definition) is 1. The standard InChI is InChI=1S/C14H15FN2O2S/c1-14(6-3-7-14)17-10-5-2-4-9(15)12(10)16-13(17)20-8-11(18)19/h2,4-5H,3,6-8H2,1H3,(H,18,19). The van der Waals surface area contributed by atoms with Crippen LogP contribution in [0.15, 0.2) is 23.4 Å². The van der Waals surface area contributed by atoms with Crippen LogP contribution in [0.4, 0.5) is 4.39 Å². The molecule has 0 spiro atoms. The van der Waals surface area contributed by atoms with Gasteiger partial charge in [-0.15, -0.1) is 0 Å². The summed E-state index contributed by atoms with van der Waals surface area (Å²) in [6, 6.07) is 4.90. The highest BCUT2D eigenvalue weighted by atomic mass is 32.2. The minimum absolute atomic E-state index is 0.0684.